The summed E-state index contributed by atoms with van der Waals surface area (Å²) in [5.41, 5.74) is 3.07. The van der Waals surface area contributed by atoms with Crippen molar-refractivity contribution in [1.82, 2.24) is 4.90 Å². The molecule has 3 aromatic carbocycles. The highest BCUT2D eigenvalue weighted by Crippen LogP contribution is 2.35. The van der Waals surface area contributed by atoms with Crippen molar-refractivity contribution in [3.8, 4) is 11.5 Å². The molecule has 0 spiro atoms. The Bertz CT molecular complexity index is 1160. The molecule has 0 bridgehead atoms. The molecule has 0 N–H and O–H groups in total. The molecule has 1 saturated heterocycles. The van der Waals surface area contributed by atoms with Crippen LogP contribution in [0.3, 0.4) is 0 Å². The highest BCUT2D eigenvalue weighted by Gasteiger charge is 2.24. The Morgan fingerprint density at radius 1 is 0.967 bits per heavy atom. The largest absolute Gasteiger partial charge is 0.458 e. The van der Waals surface area contributed by atoms with Crippen LogP contribution in [0.15, 0.2) is 85.0 Å². The zero-order valence-corrected chi connectivity index (χ0v) is 16.9. The number of hydrogen-bond acceptors (Lipinski definition) is 4. The highest BCUT2D eigenvalue weighted by atomic mass is 16.5. The molecule has 0 saturated carbocycles. The minimum Gasteiger partial charge on any atom is -0.458 e. The Labute approximate surface area is 176 Å². The molecule has 0 aliphatic carbocycles. The molecular weight excluding hydrogens is 374 g/mol. The van der Waals surface area contributed by atoms with E-state index in [0.717, 1.165) is 36.0 Å². The Balaban J connectivity index is 1.34. The number of nitrogens with zero attached hydrogens (tertiary/aromatic N) is 1. The van der Waals surface area contributed by atoms with Crippen molar-refractivity contribution < 1.29 is 14.3 Å². The van der Waals surface area contributed by atoms with E-state index in [1.807, 2.05) is 37.3 Å². The Hall–Kier alpha value is -3.53. The second kappa shape index (κ2) is 7.71. The highest BCUT2D eigenvalue weighted by molar-refractivity contribution is 6.07. The molecule has 0 amide bonds. The van der Waals surface area contributed by atoms with Crippen molar-refractivity contribution in [2.75, 3.05) is 13.1 Å². The van der Waals surface area contributed by atoms with Crippen molar-refractivity contribution in [2.45, 2.75) is 19.3 Å². The normalized spacial score (nSPS) is 18.1. The molecule has 4 heteroatoms. The average molecular weight is 397 g/mol. The van der Waals surface area contributed by atoms with Crippen LogP contribution in [0.2, 0.25) is 0 Å². The lowest BCUT2D eigenvalue weighted by molar-refractivity contribution is 0.104. The fourth-order valence-corrected chi connectivity index (χ4v) is 4.24. The zero-order chi connectivity index (χ0) is 20.5. The summed E-state index contributed by atoms with van der Waals surface area (Å²) in [5, 5.41) is 1.96. The molecule has 3 aromatic rings. The summed E-state index contributed by atoms with van der Waals surface area (Å²) in [7, 11) is 0. The summed E-state index contributed by atoms with van der Waals surface area (Å²) >= 11 is 0. The smallest absolute Gasteiger partial charge is 0.187 e. The van der Waals surface area contributed by atoms with Gasteiger partial charge in [0, 0.05) is 36.3 Å². The summed E-state index contributed by atoms with van der Waals surface area (Å²) < 4.78 is 11.0. The van der Waals surface area contributed by atoms with Crippen molar-refractivity contribution in [3.05, 3.63) is 96.1 Å². The Morgan fingerprint density at radius 2 is 1.70 bits per heavy atom. The number of ether oxygens (including phenoxy) is 2. The molecule has 1 atom stereocenters. The van der Waals surface area contributed by atoms with Gasteiger partial charge in [-0.15, -0.1) is 0 Å². The Morgan fingerprint density at radius 3 is 2.47 bits per heavy atom. The van der Waals surface area contributed by atoms with E-state index in [9.17, 15) is 4.79 Å². The molecule has 1 unspecified atom stereocenters. The molecule has 2 heterocycles. The SMILES string of the molecule is C/C(=C\C(=O)c1ccc2cc3c(cc2c1)OC=CO3)N1CCC(c2ccccc2)C1. The van der Waals surface area contributed by atoms with Crippen molar-refractivity contribution in [3.63, 3.8) is 0 Å². The zero-order valence-electron chi connectivity index (χ0n) is 16.9. The maximum absolute atomic E-state index is 12.9. The number of rotatable bonds is 4. The third-order valence-corrected chi connectivity index (χ3v) is 5.93. The minimum atomic E-state index is 0.0207. The molecule has 2 aliphatic heterocycles. The van der Waals surface area contributed by atoms with Crippen LogP contribution >= 0.6 is 0 Å². The van der Waals surface area contributed by atoms with Crippen LogP contribution in [0, 0.1) is 0 Å². The van der Waals surface area contributed by atoms with E-state index in [4.69, 9.17) is 9.47 Å². The van der Waals surface area contributed by atoms with Crippen LogP contribution in [-0.4, -0.2) is 23.8 Å². The number of ketones is 1. The van der Waals surface area contributed by atoms with Crippen LogP contribution in [-0.2, 0) is 0 Å². The summed E-state index contributed by atoms with van der Waals surface area (Å²) in [5.74, 6) is 1.88. The van der Waals surface area contributed by atoms with Crippen molar-refractivity contribution in [1.29, 1.82) is 0 Å². The number of benzene rings is 3. The van der Waals surface area contributed by atoms with Crippen LogP contribution in [0.4, 0.5) is 0 Å². The van der Waals surface area contributed by atoms with Gasteiger partial charge in [-0.1, -0.05) is 42.5 Å². The molecular formula is C26H23NO3. The maximum atomic E-state index is 12.9. The van der Waals surface area contributed by atoms with Gasteiger partial charge in [-0.3, -0.25) is 4.79 Å². The van der Waals surface area contributed by atoms with Gasteiger partial charge in [0.05, 0.1) is 0 Å². The fourth-order valence-electron chi connectivity index (χ4n) is 4.24. The van der Waals surface area contributed by atoms with Gasteiger partial charge in [0.2, 0.25) is 0 Å². The van der Waals surface area contributed by atoms with Gasteiger partial charge in [-0.25, -0.2) is 0 Å². The molecule has 5 rings (SSSR count). The topological polar surface area (TPSA) is 38.8 Å². The first-order chi connectivity index (χ1) is 14.7. The van der Waals surface area contributed by atoms with E-state index in [-0.39, 0.29) is 5.78 Å². The lowest BCUT2D eigenvalue weighted by Crippen LogP contribution is -2.19. The van der Waals surface area contributed by atoms with Crippen LogP contribution < -0.4 is 9.47 Å². The second-order valence-corrected chi connectivity index (χ2v) is 7.86. The first kappa shape index (κ1) is 18.5. The first-order valence-electron chi connectivity index (χ1n) is 10.3. The minimum absolute atomic E-state index is 0.0207. The molecule has 4 nitrogen and oxygen atoms in total. The van der Waals surface area contributed by atoms with Crippen LogP contribution in [0.1, 0.15) is 35.2 Å². The van der Waals surface area contributed by atoms with Crippen molar-refractivity contribution in [2.24, 2.45) is 0 Å². The lowest BCUT2D eigenvalue weighted by atomic mass is 9.99. The van der Waals surface area contributed by atoms with Gasteiger partial charge >= 0.3 is 0 Å². The number of carbonyl (C=O) groups excluding carboxylic acids is 1. The summed E-state index contributed by atoms with van der Waals surface area (Å²) in [6.07, 6.45) is 5.89. The van der Waals surface area contributed by atoms with Gasteiger partial charge in [0.15, 0.2) is 17.3 Å². The monoisotopic (exact) mass is 397 g/mol. The van der Waals surface area contributed by atoms with E-state index in [1.54, 1.807) is 6.08 Å². The number of fused-ring (bicyclic) bond motifs is 2. The van der Waals surface area contributed by atoms with E-state index in [2.05, 4.69) is 35.2 Å². The average Bonchev–Trinajstić information content (AvgIpc) is 3.28. The lowest BCUT2D eigenvalue weighted by Gasteiger charge is -2.19. The number of hydrogen-bond donors (Lipinski definition) is 0. The maximum Gasteiger partial charge on any atom is 0.187 e. The second-order valence-electron chi connectivity index (χ2n) is 7.86. The van der Waals surface area contributed by atoms with E-state index in [1.165, 1.54) is 18.1 Å². The van der Waals surface area contributed by atoms with Gasteiger partial charge in [-0.05, 0) is 47.9 Å². The number of likely N-dealkylation sites (tertiary alicyclic amines) is 1. The third kappa shape index (κ3) is 3.57. The van der Waals surface area contributed by atoms with Gasteiger partial charge in [0.1, 0.15) is 12.5 Å². The van der Waals surface area contributed by atoms with Gasteiger partial charge in [0.25, 0.3) is 0 Å². The first-order valence-corrected chi connectivity index (χ1v) is 10.3. The predicted molar refractivity (Wildman–Crippen MR) is 118 cm³/mol. The molecule has 0 aromatic heterocycles. The third-order valence-electron chi connectivity index (χ3n) is 5.93. The van der Waals surface area contributed by atoms with Crippen LogP contribution in [0.5, 0.6) is 11.5 Å². The molecule has 150 valence electrons. The molecule has 2 aliphatic rings. The standard InChI is InChI=1S/C26H23NO3/c1-18(27-10-9-22(17-27)19-5-3-2-4-6-19)13-24(28)21-8-7-20-15-25-26(16-23(20)14-21)30-12-11-29-25/h2-8,11-16,22H,9-10,17H2,1H3/b18-13+. The van der Waals surface area contributed by atoms with Crippen molar-refractivity contribution >= 4 is 16.6 Å². The molecule has 1 fully saturated rings. The molecule has 30 heavy (non-hydrogen) atoms. The number of carbonyl (C=O) groups is 1. The fraction of sp³-hybridized carbons (Fsp3) is 0.192. The summed E-state index contributed by atoms with van der Waals surface area (Å²) in [6, 6.07) is 20.2. The quantitative estimate of drug-likeness (QED) is 0.421. The van der Waals surface area contributed by atoms with E-state index >= 15 is 0 Å². The summed E-state index contributed by atoms with van der Waals surface area (Å²) in [6.45, 7) is 3.96. The van der Waals surface area contributed by atoms with Gasteiger partial charge in [-0.2, -0.15) is 0 Å². The van der Waals surface area contributed by atoms with Crippen LogP contribution in [0.25, 0.3) is 10.8 Å². The van der Waals surface area contributed by atoms with E-state index in [0.29, 0.717) is 23.0 Å². The van der Waals surface area contributed by atoms with Gasteiger partial charge < -0.3 is 14.4 Å². The number of allylic oxidation sites excluding steroid dienone is 2. The molecule has 0 radical (unpaired) electrons. The Kier molecular flexibility index (Phi) is 4.75. The van der Waals surface area contributed by atoms with E-state index < -0.39 is 0 Å². The predicted octanol–water partition coefficient (Wildman–Crippen LogP) is 5.66. The summed E-state index contributed by atoms with van der Waals surface area (Å²) in [4.78, 5) is 15.2.